The molecule has 2 fully saturated rings. The summed E-state index contributed by atoms with van der Waals surface area (Å²) in [6.07, 6.45) is 4.43. The van der Waals surface area contributed by atoms with E-state index in [0.717, 1.165) is 26.2 Å². The Morgan fingerprint density at radius 1 is 1.53 bits per heavy atom. The molecule has 15 heavy (non-hydrogen) atoms. The van der Waals surface area contributed by atoms with Crippen LogP contribution in [0.1, 0.15) is 6.92 Å². The lowest BCUT2D eigenvalue weighted by molar-refractivity contribution is 0.295. The van der Waals surface area contributed by atoms with Crippen LogP contribution in [0.2, 0.25) is 0 Å². The molecule has 0 spiro atoms. The highest BCUT2D eigenvalue weighted by atomic mass is 79.9. The van der Waals surface area contributed by atoms with E-state index in [9.17, 15) is 0 Å². The normalized spacial score (nSPS) is 43.6. The van der Waals surface area contributed by atoms with Gasteiger partial charge in [-0.15, -0.1) is 0 Å². The fourth-order valence-corrected chi connectivity index (χ4v) is 3.29. The van der Waals surface area contributed by atoms with Crippen molar-refractivity contribution in [3.05, 3.63) is 11.9 Å². The summed E-state index contributed by atoms with van der Waals surface area (Å²) >= 11 is 3.76. The van der Waals surface area contributed by atoms with Crippen LogP contribution in [0.3, 0.4) is 0 Å². The SMILES string of the molecule is CC1C2C=C(N3CCNCC3)N=CC12Br. The Balaban J connectivity index is 1.76. The topological polar surface area (TPSA) is 27.6 Å². The van der Waals surface area contributed by atoms with E-state index in [2.05, 4.69) is 50.4 Å². The highest BCUT2D eigenvalue weighted by Gasteiger charge is 2.59. The maximum atomic E-state index is 4.59. The third-order valence-corrected chi connectivity index (χ3v) is 5.26. The van der Waals surface area contributed by atoms with Crippen LogP contribution < -0.4 is 5.32 Å². The van der Waals surface area contributed by atoms with Gasteiger partial charge in [0, 0.05) is 38.3 Å². The highest BCUT2D eigenvalue weighted by Crippen LogP contribution is 2.58. The molecule has 3 rings (SSSR count). The lowest BCUT2D eigenvalue weighted by Gasteiger charge is -2.30. The van der Waals surface area contributed by atoms with Crippen molar-refractivity contribution in [1.82, 2.24) is 10.2 Å². The first-order chi connectivity index (χ1) is 7.22. The summed E-state index contributed by atoms with van der Waals surface area (Å²) in [5.74, 6) is 2.53. The molecule has 0 amide bonds. The van der Waals surface area contributed by atoms with Gasteiger partial charge in [0.05, 0.1) is 4.32 Å². The second-order valence-electron chi connectivity index (χ2n) is 4.66. The first-order valence-electron chi connectivity index (χ1n) is 5.63. The molecule has 3 atom stereocenters. The van der Waals surface area contributed by atoms with Crippen LogP contribution in [0.4, 0.5) is 0 Å². The molecule has 0 aromatic heterocycles. The van der Waals surface area contributed by atoms with Gasteiger partial charge in [-0.1, -0.05) is 22.9 Å². The maximum absolute atomic E-state index is 4.59. The van der Waals surface area contributed by atoms with E-state index in [4.69, 9.17) is 0 Å². The third kappa shape index (κ3) is 1.46. The predicted molar refractivity (Wildman–Crippen MR) is 65.3 cm³/mol. The smallest absolute Gasteiger partial charge is 0.124 e. The molecule has 3 aliphatic rings. The van der Waals surface area contributed by atoms with Crippen molar-refractivity contribution < 1.29 is 0 Å². The lowest BCUT2D eigenvalue weighted by Crippen LogP contribution is -2.42. The van der Waals surface area contributed by atoms with Gasteiger partial charge < -0.3 is 10.2 Å². The fourth-order valence-electron chi connectivity index (χ4n) is 2.50. The van der Waals surface area contributed by atoms with Crippen molar-refractivity contribution in [2.75, 3.05) is 26.2 Å². The zero-order valence-electron chi connectivity index (χ0n) is 8.91. The Labute approximate surface area is 98.8 Å². The molecule has 0 aromatic rings. The minimum Gasteiger partial charge on any atom is -0.354 e. The van der Waals surface area contributed by atoms with Gasteiger partial charge in [-0.25, -0.2) is 4.99 Å². The van der Waals surface area contributed by atoms with Crippen LogP contribution in [0.5, 0.6) is 0 Å². The Morgan fingerprint density at radius 3 is 2.93 bits per heavy atom. The molecule has 2 heterocycles. The van der Waals surface area contributed by atoms with E-state index < -0.39 is 0 Å². The number of fused-ring (bicyclic) bond motifs is 1. The quantitative estimate of drug-likeness (QED) is 0.725. The highest BCUT2D eigenvalue weighted by molar-refractivity contribution is 9.10. The summed E-state index contributed by atoms with van der Waals surface area (Å²) in [6.45, 7) is 6.60. The lowest BCUT2D eigenvalue weighted by atomic mass is 10.2. The van der Waals surface area contributed by atoms with Gasteiger partial charge in [0.2, 0.25) is 0 Å². The molecule has 0 radical (unpaired) electrons. The molecule has 1 saturated heterocycles. The van der Waals surface area contributed by atoms with Crippen LogP contribution in [-0.2, 0) is 0 Å². The van der Waals surface area contributed by atoms with E-state index in [1.165, 1.54) is 5.82 Å². The van der Waals surface area contributed by atoms with Gasteiger partial charge >= 0.3 is 0 Å². The average molecular weight is 270 g/mol. The van der Waals surface area contributed by atoms with Crippen LogP contribution in [0.15, 0.2) is 16.9 Å². The minimum absolute atomic E-state index is 0.185. The zero-order chi connectivity index (χ0) is 10.5. The van der Waals surface area contributed by atoms with Crippen molar-refractivity contribution in [3.8, 4) is 0 Å². The molecule has 0 aromatic carbocycles. The minimum atomic E-state index is 0.185. The van der Waals surface area contributed by atoms with E-state index in [1.54, 1.807) is 0 Å². The van der Waals surface area contributed by atoms with Crippen molar-refractivity contribution in [2.24, 2.45) is 16.8 Å². The van der Waals surface area contributed by atoms with Gasteiger partial charge in [-0.3, -0.25) is 0 Å². The first kappa shape index (κ1) is 9.85. The number of halogens is 1. The van der Waals surface area contributed by atoms with Gasteiger partial charge in [-0.2, -0.15) is 0 Å². The van der Waals surface area contributed by atoms with E-state index in [1.807, 2.05) is 0 Å². The van der Waals surface area contributed by atoms with Crippen molar-refractivity contribution in [1.29, 1.82) is 0 Å². The number of alkyl halides is 1. The van der Waals surface area contributed by atoms with Crippen molar-refractivity contribution in [3.63, 3.8) is 0 Å². The first-order valence-corrected chi connectivity index (χ1v) is 6.43. The summed E-state index contributed by atoms with van der Waals surface area (Å²) in [6, 6.07) is 0. The molecular weight excluding hydrogens is 254 g/mol. The largest absolute Gasteiger partial charge is 0.354 e. The van der Waals surface area contributed by atoms with Crippen LogP contribution in [0.25, 0.3) is 0 Å². The van der Waals surface area contributed by atoms with Crippen LogP contribution in [0, 0.1) is 11.8 Å². The average Bonchev–Trinajstić information content (AvgIpc) is 2.82. The van der Waals surface area contributed by atoms with Crippen molar-refractivity contribution in [2.45, 2.75) is 11.2 Å². The third-order valence-electron chi connectivity index (χ3n) is 3.80. The molecule has 1 aliphatic carbocycles. The van der Waals surface area contributed by atoms with E-state index in [0.29, 0.717) is 11.8 Å². The molecule has 2 aliphatic heterocycles. The Morgan fingerprint density at radius 2 is 2.27 bits per heavy atom. The monoisotopic (exact) mass is 269 g/mol. The maximum Gasteiger partial charge on any atom is 0.124 e. The van der Waals surface area contributed by atoms with Gasteiger partial charge in [0.25, 0.3) is 0 Å². The second-order valence-corrected chi connectivity index (χ2v) is 6.04. The number of rotatable bonds is 1. The number of hydrogen-bond donors (Lipinski definition) is 1. The fraction of sp³-hybridized carbons (Fsp3) is 0.727. The molecule has 82 valence electrons. The number of piperazine rings is 1. The zero-order valence-corrected chi connectivity index (χ0v) is 10.5. The summed E-state index contributed by atoms with van der Waals surface area (Å²) in [5.41, 5.74) is 0. The Kier molecular flexibility index (Phi) is 2.18. The van der Waals surface area contributed by atoms with Gasteiger partial charge in [0.15, 0.2) is 0 Å². The molecule has 3 unspecified atom stereocenters. The molecule has 1 saturated carbocycles. The van der Waals surface area contributed by atoms with E-state index >= 15 is 0 Å². The summed E-state index contributed by atoms with van der Waals surface area (Å²) < 4.78 is 0.185. The van der Waals surface area contributed by atoms with Gasteiger partial charge in [-0.05, 0) is 12.0 Å². The standard InChI is InChI=1S/C11H16BrN3/c1-8-9-6-10(14-7-11(8,9)12)15-4-2-13-3-5-15/h6-9,13H,2-5H2,1H3. The van der Waals surface area contributed by atoms with Crippen LogP contribution in [-0.4, -0.2) is 41.6 Å². The molecule has 0 bridgehead atoms. The molecular formula is C11H16BrN3. The van der Waals surface area contributed by atoms with E-state index in [-0.39, 0.29) is 4.32 Å². The molecule has 3 nitrogen and oxygen atoms in total. The second kappa shape index (κ2) is 3.32. The summed E-state index contributed by atoms with van der Waals surface area (Å²) in [7, 11) is 0. The molecule has 4 heteroatoms. The van der Waals surface area contributed by atoms with Gasteiger partial charge in [0.1, 0.15) is 5.82 Å². The number of allylic oxidation sites excluding steroid dienone is 1. The summed E-state index contributed by atoms with van der Waals surface area (Å²) in [4.78, 5) is 6.96. The summed E-state index contributed by atoms with van der Waals surface area (Å²) in [5, 5.41) is 3.36. The predicted octanol–water partition coefficient (Wildman–Crippen LogP) is 1.22. The Hall–Kier alpha value is -0.350. The number of hydrogen-bond acceptors (Lipinski definition) is 3. The number of nitrogens with one attached hydrogen (secondary N) is 1. The number of aliphatic imine (C=N–C) groups is 1. The van der Waals surface area contributed by atoms with Crippen molar-refractivity contribution >= 4 is 22.1 Å². The van der Waals surface area contributed by atoms with Crippen LogP contribution >= 0.6 is 15.9 Å². The number of nitrogens with zero attached hydrogens (tertiary/aromatic N) is 2. The molecule has 1 N–H and O–H groups in total. The Bertz CT molecular complexity index is 333.